The van der Waals surface area contributed by atoms with Crippen LogP contribution in [0.3, 0.4) is 0 Å². The minimum atomic E-state index is -0.416. The number of aryl methyl sites for hydroxylation is 2. The van der Waals surface area contributed by atoms with Crippen molar-refractivity contribution in [2.45, 2.75) is 58.7 Å². The van der Waals surface area contributed by atoms with Gasteiger partial charge >= 0.3 is 0 Å². The fourth-order valence-corrected chi connectivity index (χ4v) is 5.30. The zero-order valence-electron chi connectivity index (χ0n) is 21.7. The van der Waals surface area contributed by atoms with E-state index >= 15 is 0 Å². The van der Waals surface area contributed by atoms with Crippen LogP contribution in [0.4, 0.5) is 11.6 Å². The number of aromatic nitrogens is 4. The lowest BCUT2D eigenvalue weighted by Crippen LogP contribution is -2.58. The van der Waals surface area contributed by atoms with Crippen molar-refractivity contribution in [3.8, 4) is 0 Å². The van der Waals surface area contributed by atoms with Gasteiger partial charge in [-0.05, 0) is 45.2 Å². The lowest BCUT2D eigenvalue weighted by molar-refractivity contribution is 0.0606. The minimum absolute atomic E-state index is 0.110. The number of amides is 1. The Morgan fingerprint density at radius 2 is 1.92 bits per heavy atom. The maximum atomic E-state index is 12.3. The summed E-state index contributed by atoms with van der Waals surface area (Å²) >= 11 is 0. The van der Waals surface area contributed by atoms with Gasteiger partial charge in [0.15, 0.2) is 17.3 Å². The first kappa shape index (κ1) is 26.2. The molecule has 0 aromatic carbocycles. The Morgan fingerprint density at radius 1 is 1.14 bits per heavy atom. The molecule has 1 atom stereocenters. The van der Waals surface area contributed by atoms with Crippen molar-refractivity contribution in [2.24, 2.45) is 0 Å². The number of likely N-dealkylation sites (tertiary alicyclic amines) is 1. The van der Waals surface area contributed by atoms with Gasteiger partial charge in [0.2, 0.25) is 0 Å². The van der Waals surface area contributed by atoms with E-state index in [0.29, 0.717) is 17.8 Å². The fourth-order valence-electron chi connectivity index (χ4n) is 5.30. The molecule has 4 rings (SSSR count). The molecule has 0 spiro atoms. The van der Waals surface area contributed by atoms with E-state index < -0.39 is 5.91 Å². The number of hydrogen-bond acceptors (Lipinski definition) is 10. The third-order valence-corrected chi connectivity index (χ3v) is 7.25. The summed E-state index contributed by atoms with van der Waals surface area (Å²) in [5, 5.41) is 20.0. The van der Waals surface area contributed by atoms with Crippen molar-refractivity contribution in [1.82, 2.24) is 35.3 Å². The van der Waals surface area contributed by atoms with Gasteiger partial charge in [-0.25, -0.2) is 9.97 Å². The van der Waals surface area contributed by atoms with Crippen LogP contribution in [-0.4, -0.2) is 98.9 Å². The second-order valence-electron chi connectivity index (χ2n) is 9.77. The van der Waals surface area contributed by atoms with E-state index in [0.717, 1.165) is 75.7 Å². The van der Waals surface area contributed by atoms with Crippen LogP contribution >= 0.6 is 0 Å². The Labute approximate surface area is 213 Å². The Hall–Kier alpha value is -2.89. The normalized spacial score (nSPS) is 20.0. The summed E-state index contributed by atoms with van der Waals surface area (Å²) in [7, 11) is 0. The van der Waals surface area contributed by atoms with Gasteiger partial charge in [-0.3, -0.25) is 14.6 Å². The Kier molecular flexibility index (Phi) is 8.65. The molecular formula is C25H39N9O2. The van der Waals surface area contributed by atoms with Crippen LogP contribution in [0.1, 0.15) is 53.8 Å². The number of piperazine rings is 1. The molecule has 0 saturated carbocycles. The second kappa shape index (κ2) is 11.9. The van der Waals surface area contributed by atoms with Gasteiger partial charge in [0.25, 0.3) is 5.91 Å². The molecule has 2 aliphatic rings. The van der Waals surface area contributed by atoms with Crippen LogP contribution in [0.2, 0.25) is 0 Å². The van der Waals surface area contributed by atoms with Crippen LogP contribution in [0, 0.1) is 13.8 Å². The van der Waals surface area contributed by atoms with Gasteiger partial charge in [0.05, 0.1) is 23.7 Å². The molecule has 36 heavy (non-hydrogen) atoms. The third-order valence-electron chi connectivity index (χ3n) is 7.25. The van der Waals surface area contributed by atoms with Gasteiger partial charge in [-0.15, -0.1) is 0 Å². The van der Waals surface area contributed by atoms with Crippen molar-refractivity contribution < 1.29 is 9.90 Å². The number of piperidine rings is 1. The molecule has 2 saturated heterocycles. The maximum Gasteiger partial charge on any atom is 0.273 e. The Balaban J connectivity index is 1.35. The Morgan fingerprint density at radius 3 is 2.58 bits per heavy atom. The van der Waals surface area contributed by atoms with Crippen molar-refractivity contribution in [2.75, 3.05) is 56.5 Å². The number of aliphatic hydroxyl groups excluding tert-OH is 1. The molecule has 1 amide bonds. The SMILES string of the molecule is CCC1CN(c2nc(N)c(C(=O)NCCO)nc2C)CCN1C1CCN(Cc2ccc(C)nn2)CC1. The number of nitrogens with two attached hydrogens (primary N) is 1. The predicted octanol–water partition coefficient (Wildman–Crippen LogP) is 0.753. The van der Waals surface area contributed by atoms with Crippen LogP contribution in [0.15, 0.2) is 12.1 Å². The quantitative estimate of drug-likeness (QED) is 0.479. The van der Waals surface area contributed by atoms with Crippen molar-refractivity contribution >= 4 is 17.5 Å². The van der Waals surface area contributed by atoms with E-state index in [4.69, 9.17) is 10.8 Å². The van der Waals surface area contributed by atoms with E-state index in [9.17, 15) is 4.79 Å². The number of hydrogen-bond donors (Lipinski definition) is 3. The highest BCUT2D eigenvalue weighted by atomic mass is 16.3. The molecule has 196 valence electrons. The van der Waals surface area contributed by atoms with E-state index in [1.165, 1.54) is 0 Å². The molecule has 2 aromatic rings. The zero-order chi connectivity index (χ0) is 25.7. The number of rotatable bonds is 8. The molecule has 11 nitrogen and oxygen atoms in total. The van der Waals surface area contributed by atoms with Gasteiger partial charge < -0.3 is 21.1 Å². The van der Waals surface area contributed by atoms with Crippen molar-refractivity contribution in [3.63, 3.8) is 0 Å². The van der Waals surface area contributed by atoms with E-state index in [1.807, 2.05) is 19.9 Å². The number of nitrogens with zero attached hydrogens (tertiary/aromatic N) is 7. The van der Waals surface area contributed by atoms with Crippen LogP contribution in [0.5, 0.6) is 0 Å². The summed E-state index contributed by atoms with van der Waals surface area (Å²) in [5.74, 6) is 0.450. The highest BCUT2D eigenvalue weighted by Gasteiger charge is 2.34. The summed E-state index contributed by atoms with van der Waals surface area (Å²) < 4.78 is 0. The summed E-state index contributed by atoms with van der Waals surface area (Å²) in [6.45, 7) is 11.8. The Bertz CT molecular complexity index is 1020. The highest BCUT2D eigenvalue weighted by molar-refractivity contribution is 5.96. The first-order valence-corrected chi connectivity index (χ1v) is 12.9. The van der Waals surface area contributed by atoms with E-state index in [1.54, 1.807) is 0 Å². The molecule has 2 fully saturated rings. The van der Waals surface area contributed by atoms with Crippen molar-refractivity contribution in [3.05, 3.63) is 34.9 Å². The largest absolute Gasteiger partial charge is 0.395 e. The van der Waals surface area contributed by atoms with Gasteiger partial charge in [0, 0.05) is 57.9 Å². The fraction of sp³-hybridized carbons (Fsp3) is 0.640. The smallest absolute Gasteiger partial charge is 0.273 e. The number of carbonyl (C=O) groups excluding carboxylic acids is 1. The average Bonchev–Trinajstić information content (AvgIpc) is 2.89. The highest BCUT2D eigenvalue weighted by Crippen LogP contribution is 2.27. The van der Waals surface area contributed by atoms with Gasteiger partial charge in [0.1, 0.15) is 0 Å². The molecule has 2 aromatic heterocycles. The molecule has 4 heterocycles. The molecule has 0 aliphatic carbocycles. The van der Waals surface area contributed by atoms with E-state index in [-0.39, 0.29) is 24.7 Å². The summed E-state index contributed by atoms with van der Waals surface area (Å²) in [5.41, 5.74) is 8.89. The molecule has 11 heteroatoms. The summed E-state index contributed by atoms with van der Waals surface area (Å²) in [6, 6.07) is 5.10. The van der Waals surface area contributed by atoms with Crippen molar-refractivity contribution in [1.29, 1.82) is 0 Å². The maximum absolute atomic E-state index is 12.3. The molecule has 4 N–H and O–H groups in total. The minimum Gasteiger partial charge on any atom is -0.395 e. The zero-order valence-corrected chi connectivity index (χ0v) is 21.7. The lowest BCUT2D eigenvalue weighted by Gasteiger charge is -2.47. The number of nitrogens with one attached hydrogen (secondary N) is 1. The number of aliphatic hydroxyl groups is 1. The summed E-state index contributed by atoms with van der Waals surface area (Å²) in [6.07, 6.45) is 3.36. The first-order chi connectivity index (χ1) is 17.4. The van der Waals surface area contributed by atoms with Crippen LogP contribution in [-0.2, 0) is 6.54 Å². The standard InChI is InChI=1S/C25H39N9O2/c1-4-20-16-33(24-18(3)28-22(23(26)29-24)25(36)27-9-14-35)12-13-34(20)21-7-10-32(11-8-21)15-19-6-5-17(2)30-31-19/h5-6,20-21,35H,4,7-16H2,1-3H3,(H2,26,29)(H,27,36). The number of anilines is 2. The van der Waals surface area contributed by atoms with Gasteiger partial charge in [-0.2, -0.15) is 10.2 Å². The molecular weight excluding hydrogens is 458 g/mol. The molecule has 2 aliphatic heterocycles. The predicted molar refractivity (Wildman–Crippen MR) is 139 cm³/mol. The molecule has 1 unspecified atom stereocenters. The lowest BCUT2D eigenvalue weighted by atomic mass is 9.98. The van der Waals surface area contributed by atoms with Crippen LogP contribution < -0.4 is 16.0 Å². The monoisotopic (exact) mass is 497 g/mol. The second-order valence-corrected chi connectivity index (χ2v) is 9.77. The number of nitrogen functional groups attached to an aromatic ring is 1. The molecule has 0 radical (unpaired) electrons. The summed E-state index contributed by atoms with van der Waals surface area (Å²) in [4.78, 5) is 28.7. The molecule has 0 bridgehead atoms. The van der Waals surface area contributed by atoms with E-state index in [2.05, 4.69) is 53.2 Å². The first-order valence-electron chi connectivity index (χ1n) is 12.9. The number of carbonyl (C=O) groups is 1. The third kappa shape index (κ3) is 6.08. The topological polar surface area (TPSA) is 137 Å². The van der Waals surface area contributed by atoms with Gasteiger partial charge in [-0.1, -0.05) is 6.92 Å². The average molecular weight is 498 g/mol. The van der Waals surface area contributed by atoms with Crippen LogP contribution in [0.25, 0.3) is 0 Å².